The summed E-state index contributed by atoms with van der Waals surface area (Å²) in [5.41, 5.74) is 1.67. The number of nitriles is 1. The smallest absolute Gasteiger partial charge is 0.336 e. The second kappa shape index (κ2) is 9.79. The van der Waals surface area contributed by atoms with Crippen LogP contribution in [-0.2, 0) is 6.54 Å². The van der Waals surface area contributed by atoms with Crippen molar-refractivity contribution in [3.63, 3.8) is 0 Å². The molecule has 0 fully saturated rings. The lowest BCUT2D eigenvalue weighted by Crippen LogP contribution is -2.27. The Morgan fingerprint density at radius 1 is 1.26 bits per heavy atom. The molecule has 34 heavy (non-hydrogen) atoms. The number of carboxylic acids is 1. The molecule has 170 valence electrons. The van der Waals surface area contributed by atoms with Gasteiger partial charge in [-0.1, -0.05) is 23.7 Å². The monoisotopic (exact) mass is 586 g/mol. The average Bonchev–Trinajstić information content (AvgIpc) is 2.81. The number of hydrogen-bond donors (Lipinski definition) is 1. The molecule has 0 aliphatic carbocycles. The van der Waals surface area contributed by atoms with Crippen LogP contribution >= 0.6 is 34.2 Å². The number of nitrogens with zero attached hydrogens (tertiary/aromatic N) is 4. The molecule has 0 spiro atoms. The zero-order valence-electron chi connectivity index (χ0n) is 17.7. The SMILES string of the molecule is Cc1nc2cncc(C#N)c2c(=O)n1CCOc1ccc(Cl)cc1-c1cccc(C(=O)O)c1I. The molecule has 8 nitrogen and oxygen atoms in total. The molecular weight excluding hydrogens is 571 g/mol. The van der Waals surface area contributed by atoms with E-state index in [4.69, 9.17) is 16.3 Å². The van der Waals surface area contributed by atoms with Crippen molar-refractivity contribution in [2.45, 2.75) is 13.5 Å². The minimum absolute atomic E-state index is 0.130. The van der Waals surface area contributed by atoms with Crippen molar-refractivity contribution in [1.29, 1.82) is 5.26 Å². The Kier molecular flexibility index (Phi) is 6.81. The van der Waals surface area contributed by atoms with Gasteiger partial charge in [-0.25, -0.2) is 9.78 Å². The summed E-state index contributed by atoms with van der Waals surface area (Å²) in [4.78, 5) is 33.0. The Bertz CT molecular complexity index is 1550. The van der Waals surface area contributed by atoms with Gasteiger partial charge in [0.15, 0.2) is 0 Å². The number of aromatic carboxylic acids is 1. The van der Waals surface area contributed by atoms with E-state index in [9.17, 15) is 20.0 Å². The molecule has 4 aromatic rings. The Morgan fingerprint density at radius 2 is 2.06 bits per heavy atom. The Hall–Kier alpha value is -3.49. The second-order valence-corrected chi connectivity index (χ2v) is 8.79. The van der Waals surface area contributed by atoms with Gasteiger partial charge in [-0.05, 0) is 59.3 Å². The second-order valence-electron chi connectivity index (χ2n) is 7.27. The molecule has 0 aliphatic heterocycles. The molecule has 0 aliphatic rings. The van der Waals surface area contributed by atoms with Gasteiger partial charge in [-0.2, -0.15) is 5.26 Å². The maximum absolute atomic E-state index is 13.1. The highest BCUT2D eigenvalue weighted by Crippen LogP contribution is 2.36. The highest BCUT2D eigenvalue weighted by molar-refractivity contribution is 14.1. The van der Waals surface area contributed by atoms with Crippen molar-refractivity contribution >= 4 is 51.1 Å². The van der Waals surface area contributed by atoms with Crippen molar-refractivity contribution in [3.05, 3.63) is 84.7 Å². The first-order valence-corrected chi connectivity index (χ1v) is 11.5. The number of aryl methyl sites for hydroxylation is 1. The minimum atomic E-state index is -1.03. The van der Waals surface area contributed by atoms with Gasteiger partial charge in [-0.15, -0.1) is 0 Å². The number of pyridine rings is 1. The number of carboxylic acid groups (broad SMARTS) is 1. The van der Waals surface area contributed by atoms with Crippen LogP contribution in [-0.4, -0.2) is 32.2 Å². The number of fused-ring (bicyclic) bond motifs is 1. The molecular formula is C24H16ClIN4O4. The van der Waals surface area contributed by atoms with Crippen LogP contribution in [0.4, 0.5) is 0 Å². The van der Waals surface area contributed by atoms with Crippen molar-refractivity contribution < 1.29 is 14.6 Å². The van der Waals surface area contributed by atoms with E-state index in [2.05, 4.69) is 9.97 Å². The molecule has 0 saturated carbocycles. The Balaban J connectivity index is 1.67. The van der Waals surface area contributed by atoms with Crippen LogP contribution in [0.15, 0.2) is 53.6 Å². The predicted octanol–water partition coefficient (Wildman–Crippen LogP) is 4.67. The number of aromatic nitrogens is 3. The molecule has 0 amide bonds. The van der Waals surface area contributed by atoms with Gasteiger partial charge in [-0.3, -0.25) is 14.3 Å². The fraction of sp³-hybridized carbons (Fsp3) is 0.125. The van der Waals surface area contributed by atoms with Gasteiger partial charge in [0.05, 0.1) is 34.8 Å². The molecule has 2 aromatic carbocycles. The summed E-state index contributed by atoms with van der Waals surface area (Å²) in [6, 6.07) is 12.1. The van der Waals surface area contributed by atoms with Crippen molar-refractivity contribution in [2.24, 2.45) is 0 Å². The number of rotatable bonds is 6. The summed E-state index contributed by atoms with van der Waals surface area (Å²) in [6.07, 6.45) is 2.80. The summed E-state index contributed by atoms with van der Waals surface area (Å²) in [7, 11) is 0. The molecule has 1 N–H and O–H groups in total. The van der Waals surface area contributed by atoms with Crippen LogP contribution < -0.4 is 10.3 Å². The lowest BCUT2D eigenvalue weighted by atomic mass is 10.0. The lowest BCUT2D eigenvalue weighted by Gasteiger charge is -2.16. The summed E-state index contributed by atoms with van der Waals surface area (Å²) in [5.74, 6) is -0.0643. The highest BCUT2D eigenvalue weighted by atomic mass is 127. The van der Waals surface area contributed by atoms with Crippen LogP contribution in [0.2, 0.25) is 5.02 Å². The molecule has 0 saturated heterocycles. The van der Waals surface area contributed by atoms with Gasteiger partial charge in [0.1, 0.15) is 24.3 Å². The van der Waals surface area contributed by atoms with Gasteiger partial charge in [0.2, 0.25) is 0 Å². The zero-order chi connectivity index (χ0) is 24.4. The summed E-state index contributed by atoms with van der Waals surface area (Å²) < 4.78 is 8.02. The van der Waals surface area contributed by atoms with Crippen molar-refractivity contribution in [3.8, 4) is 22.9 Å². The summed E-state index contributed by atoms with van der Waals surface area (Å²) >= 11 is 8.21. The predicted molar refractivity (Wildman–Crippen MR) is 135 cm³/mol. The number of benzene rings is 2. The molecule has 4 rings (SSSR count). The molecule has 0 unspecified atom stereocenters. The fourth-order valence-corrected chi connectivity index (χ4v) is 4.67. The normalized spacial score (nSPS) is 10.8. The van der Waals surface area contributed by atoms with E-state index < -0.39 is 5.97 Å². The molecule has 10 heteroatoms. The number of ether oxygens (including phenoxy) is 1. The molecule has 0 radical (unpaired) electrons. The van der Waals surface area contributed by atoms with E-state index in [0.29, 0.717) is 36.8 Å². The maximum atomic E-state index is 13.1. The fourth-order valence-electron chi connectivity index (χ4n) is 3.61. The topological polar surface area (TPSA) is 118 Å². The van der Waals surface area contributed by atoms with E-state index in [1.54, 1.807) is 37.3 Å². The van der Waals surface area contributed by atoms with Gasteiger partial charge in [0, 0.05) is 20.4 Å². The summed E-state index contributed by atoms with van der Waals surface area (Å²) in [6.45, 7) is 2.02. The largest absolute Gasteiger partial charge is 0.491 e. The van der Waals surface area contributed by atoms with Crippen molar-refractivity contribution in [1.82, 2.24) is 14.5 Å². The van der Waals surface area contributed by atoms with Gasteiger partial charge in [0.25, 0.3) is 5.56 Å². The number of hydrogen-bond acceptors (Lipinski definition) is 6. The quantitative estimate of drug-likeness (QED) is 0.326. The van der Waals surface area contributed by atoms with Crippen molar-refractivity contribution in [2.75, 3.05) is 6.61 Å². The summed E-state index contributed by atoms with van der Waals surface area (Å²) in [5, 5.41) is 19.5. The standard InChI is InChI=1S/C24H16ClIN4O4/c1-13-29-19-12-28-11-14(10-27)21(19)23(31)30(13)7-8-34-20-6-5-15(25)9-18(20)16-3-2-4-17(22(16)26)24(32)33/h2-6,9,11-12H,7-8H2,1H3,(H,32,33). The van der Waals surface area contributed by atoms with E-state index >= 15 is 0 Å². The Morgan fingerprint density at radius 3 is 2.79 bits per heavy atom. The first-order valence-electron chi connectivity index (χ1n) is 10.0. The first-order chi connectivity index (χ1) is 16.3. The van der Waals surface area contributed by atoms with E-state index in [-0.39, 0.29) is 35.2 Å². The lowest BCUT2D eigenvalue weighted by molar-refractivity contribution is 0.0695. The average molecular weight is 587 g/mol. The van der Waals surface area contributed by atoms with E-state index in [1.165, 1.54) is 23.0 Å². The van der Waals surface area contributed by atoms with Crippen LogP contribution in [0.5, 0.6) is 5.75 Å². The Labute approximate surface area is 212 Å². The molecule has 0 atom stereocenters. The molecule has 2 aromatic heterocycles. The van der Waals surface area contributed by atoms with Gasteiger partial charge < -0.3 is 9.84 Å². The minimum Gasteiger partial charge on any atom is -0.491 e. The third kappa shape index (κ3) is 4.47. The first kappa shape index (κ1) is 23.7. The molecule has 2 heterocycles. The van der Waals surface area contributed by atoms with E-state index in [0.717, 1.165) is 0 Å². The van der Waals surface area contributed by atoms with Crippen LogP contribution in [0, 0.1) is 21.8 Å². The third-order valence-corrected chi connectivity index (χ3v) is 6.61. The number of halogens is 2. The van der Waals surface area contributed by atoms with Crippen LogP contribution in [0.25, 0.3) is 22.0 Å². The van der Waals surface area contributed by atoms with Crippen LogP contribution in [0.3, 0.4) is 0 Å². The molecule has 0 bridgehead atoms. The highest BCUT2D eigenvalue weighted by Gasteiger charge is 2.17. The maximum Gasteiger partial charge on any atom is 0.336 e. The zero-order valence-corrected chi connectivity index (χ0v) is 20.7. The van der Waals surface area contributed by atoms with Gasteiger partial charge >= 0.3 is 5.97 Å². The number of carbonyl (C=O) groups is 1. The van der Waals surface area contributed by atoms with E-state index in [1.807, 2.05) is 28.7 Å². The third-order valence-electron chi connectivity index (χ3n) is 5.21. The van der Waals surface area contributed by atoms with Crippen LogP contribution in [0.1, 0.15) is 21.7 Å².